The minimum atomic E-state index is -4.36. The van der Waals surface area contributed by atoms with Crippen molar-refractivity contribution in [3.63, 3.8) is 0 Å². The van der Waals surface area contributed by atoms with Crippen molar-refractivity contribution < 1.29 is 32.8 Å². The van der Waals surface area contributed by atoms with E-state index in [-0.39, 0.29) is 16.2 Å². The number of hydrazone groups is 1. The SMILES string of the molecule is CC1=NN(c2ccc(S(=O)(=O)O)cc2)C(=O)C1N=Nc1ccc(-c2ccc(N=Nc3cc(C)c(O)c(C(=O)O)c3)cc2)cc1. The van der Waals surface area contributed by atoms with Crippen molar-refractivity contribution in [1.82, 2.24) is 0 Å². The van der Waals surface area contributed by atoms with Gasteiger partial charge in [0.1, 0.15) is 11.3 Å². The van der Waals surface area contributed by atoms with Gasteiger partial charge in [-0.2, -0.15) is 39.0 Å². The number of hydrogen-bond donors (Lipinski definition) is 3. The van der Waals surface area contributed by atoms with E-state index >= 15 is 0 Å². The van der Waals surface area contributed by atoms with Crippen LogP contribution in [0.5, 0.6) is 5.75 Å². The molecule has 1 amide bonds. The molecule has 0 saturated carbocycles. The molecule has 0 aliphatic carbocycles. The number of amides is 1. The fraction of sp³-hybridized carbons (Fsp3) is 0.100. The normalized spacial score (nSPS) is 15.3. The quantitative estimate of drug-likeness (QED) is 0.147. The molecule has 5 rings (SSSR count). The third kappa shape index (κ3) is 6.40. The van der Waals surface area contributed by atoms with Crippen LogP contribution in [0, 0.1) is 6.92 Å². The number of carbonyl (C=O) groups excluding carboxylic acids is 1. The van der Waals surface area contributed by atoms with E-state index in [1.54, 1.807) is 44.2 Å². The Morgan fingerprint density at radius 3 is 1.91 bits per heavy atom. The molecule has 1 unspecified atom stereocenters. The van der Waals surface area contributed by atoms with Crippen molar-refractivity contribution in [1.29, 1.82) is 0 Å². The number of aromatic carboxylic acids is 1. The number of aromatic hydroxyl groups is 1. The van der Waals surface area contributed by atoms with Crippen LogP contribution < -0.4 is 5.01 Å². The molecule has 0 spiro atoms. The van der Waals surface area contributed by atoms with Crippen molar-refractivity contribution in [2.24, 2.45) is 25.6 Å². The number of carboxylic acids is 1. The highest BCUT2D eigenvalue weighted by atomic mass is 32.2. The number of phenols is 1. The predicted molar refractivity (Wildman–Crippen MR) is 161 cm³/mol. The maximum atomic E-state index is 12.9. The number of rotatable bonds is 8. The summed E-state index contributed by atoms with van der Waals surface area (Å²) in [6.45, 7) is 3.22. The first kappa shape index (κ1) is 29.9. The summed E-state index contributed by atoms with van der Waals surface area (Å²) in [5.41, 5.74) is 4.01. The molecule has 3 N–H and O–H groups in total. The van der Waals surface area contributed by atoms with E-state index in [1.807, 2.05) is 24.3 Å². The van der Waals surface area contributed by atoms with Crippen molar-refractivity contribution in [3.8, 4) is 16.9 Å². The van der Waals surface area contributed by atoms with Gasteiger partial charge in [-0.05, 0) is 91.2 Å². The van der Waals surface area contributed by atoms with Crippen LogP contribution in [-0.4, -0.2) is 46.8 Å². The molecule has 0 radical (unpaired) electrons. The molecule has 13 nitrogen and oxygen atoms in total. The Kier molecular flexibility index (Phi) is 8.11. The van der Waals surface area contributed by atoms with Gasteiger partial charge in [-0.25, -0.2) is 4.79 Å². The van der Waals surface area contributed by atoms with Gasteiger partial charge in [-0.1, -0.05) is 24.3 Å². The number of carbonyl (C=O) groups is 2. The minimum absolute atomic E-state index is 0.247. The summed E-state index contributed by atoms with van der Waals surface area (Å²) < 4.78 is 31.7. The number of carboxylic acid groups (broad SMARTS) is 1. The summed E-state index contributed by atoms with van der Waals surface area (Å²) in [4.78, 5) is 24.0. The monoisotopic (exact) mass is 612 g/mol. The summed E-state index contributed by atoms with van der Waals surface area (Å²) in [5.74, 6) is -2.02. The lowest BCUT2D eigenvalue weighted by molar-refractivity contribution is -0.117. The third-order valence-corrected chi connectivity index (χ3v) is 7.50. The number of benzene rings is 4. The molecule has 1 aliphatic heterocycles. The number of hydrogen-bond acceptors (Lipinski definition) is 10. The highest BCUT2D eigenvalue weighted by Crippen LogP contribution is 2.31. The molecule has 1 aliphatic rings. The zero-order valence-electron chi connectivity index (χ0n) is 23.2. The number of nitrogens with zero attached hydrogens (tertiary/aromatic N) is 6. The summed E-state index contributed by atoms with van der Waals surface area (Å²) in [7, 11) is -4.36. The van der Waals surface area contributed by atoms with E-state index in [0.717, 1.165) is 16.1 Å². The first-order chi connectivity index (χ1) is 20.9. The molecule has 0 fully saturated rings. The lowest BCUT2D eigenvalue weighted by Gasteiger charge is -2.12. The van der Waals surface area contributed by atoms with Crippen molar-refractivity contribution in [2.75, 3.05) is 5.01 Å². The molecule has 4 aromatic carbocycles. The third-order valence-electron chi connectivity index (χ3n) is 6.63. The standard InChI is InChI=1S/C30H24N6O7S/c1-17-15-23(16-26(28(17)37)30(39)40)33-31-21-7-3-19(4-8-21)20-5-9-22(10-6-20)32-34-27-18(2)35-36(29(27)38)24-11-13-25(14-12-24)44(41,42)43/h3-16,27,37H,1-2H3,(H,39,40)(H,41,42,43). The van der Waals surface area contributed by atoms with E-state index < -0.39 is 28.0 Å². The Hall–Kier alpha value is -5.60. The molecular formula is C30H24N6O7S. The van der Waals surface area contributed by atoms with Gasteiger partial charge in [0.05, 0.1) is 33.4 Å². The second-order valence-corrected chi connectivity index (χ2v) is 11.2. The largest absolute Gasteiger partial charge is 0.507 e. The Morgan fingerprint density at radius 1 is 0.818 bits per heavy atom. The second kappa shape index (κ2) is 11.9. The van der Waals surface area contributed by atoms with E-state index in [1.165, 1.54) is 30.3 Å². The predicted octanol–water partition coefficient (Wildman–Crippen LogP) is 6.60. The van der Waals surface area contributed by atoms with E-state index in [0.29, 0.717) is 34.0 Å². The van der Waals surface area contributed by atoms with Gasteiger partial charge >= 0.3 is 5.97 Å². The minimum Gasteiger partial charge on any atom is -0.507 e. The number of aryl methyl sites for hydroxylation is 1. The molecule has 0 bridgehead atoms. The van der Waals surface area contributed by atoms with Crippen LogP contribution in [0.25, 0.3) is 11.1 Å². The fourth-order valence-electron chi connectivity index (χ4n) is 4.30. The maximum absolute atomic E-state index is 12.9. The lowest BCUT2D eigenvalue weighted by atomic mass is 10.1. The van der Waals surface area contributed by atoms with Crippen LogP contribution in [0.4, 0.5) is 22.7 Å². The number of anilines is 1. The Balaban J connectivity index is 1.24. The van der Waals surface area contributed by atoms with Crippen molar-refractivity contribution in [3.05, 3.63) is 96.1 Å². The van der Waals surface area contributed by atoms with Gasteiger partial charge in [-0.3, -0.25) is 9.35 Å². The summed E-state index contributed by atoms with van der Waals surface area (Å²) in [6, 6.07) is 21.3. The molecule has 1 heterocycles. The van der Waals surface area contributed by atoms with Crippen LogP contribution in [0.2, 0.25) is 0 Å². The molecule has 4 aromatic rings. The van der Waals surface area contributed by atoms with E-state index in [2.05, 4.69) is 25.6 Å². The van der Waals surface area contributed by atoms with E-state index in [4.69, 9.17) is 4.55 Å². The molecule has 0 saturated heterocycles. The van der Waals surface area contributed by atoms with Crippen molar-refractivity contribution in [2.45, 2.75) is 24.8 Å². The fourth-order valence-corrected chi connectivity index (χ4v) is 4.78. The Labute approximate surface area is 251 Å². The van der Waals surface area contributed by atoms with Crippen LogP contribution in [0.3, 0.4) is 0 Å². The maximum Gasteiger partial charge on any atom is 0.339 e. The average Bonchev–Trinajstić information content (AvgIpc) is 3.29. The summed E-state index contributed by atoms with van der Waals surface area (Å²) in [6.07, 6.45) is 0. The zero-order chi connectivity index (χ0) is 31.6. The molecule has 222 valence electrons. The number of azo groups is 2. The summed E-state index contributed by atoms with van der Waals surface area (Å²) in [5, 5.41) is 41.1. The highest BCUT2D eigenvalue weighted by molar-refractivity contribution is 7.85. The zero-order valence-corrected chi connectivity index (χ0v) is 24.0. The second-order valence-electron chi connectivity index (χ2n) is 9.74. The van der Waals surface area contributed by atoms with Gasteiger partial charge in [0.2, 0.25) is 0 Å². The molecule has 14 heteroatoms. The van der Waals surface area contributed by atoms with Gasteiger partial charge in [0, 0.05) is 0 Å². The Morgan fingerprint density at radius 2 is 1.36 bits per heavy atom. The van der Waals surface area contributed by atoms with Gasteiger partial charge < -0.3 is 10.2 Å². The topological polar surface area (TPSA) is 194 Å². The average molecular weight is 613 g/mol. The molecule has 1 atom stereocenters. The van der Waals surface area contributed by atoms with E-state index in [9.17, 15) is 28.2 Å². The van der Waals surface area contributed by atoms with Crippen LogP contribution >= 0.6 is 0 Å². The van der Waals surface area contributed by atoms with Crippen molar-refractivity contribution >= 4 is 50.5 Å². The lowest BCUT2D eigenvalue weighted by Crippen LogP contribution is -2.29. The van der Waals surface area contributed by atoms with Gasteiger partial charge in [0.25, 0.3) is 16.0 Å². The molecule has 0 aromatic heterocycles. The summed E-state index contributed by atoms with van der Waals surface area (Å²) >= 11 is 0. The van der Waals surface area contributed by atoms with Gasteiger partial charge in [-0.15, -0.1) is 0 Å². The first-order valence-electron chi connectivity index (χ1n) is 13.0. The van der Waals surface area contributed by atoms with Crippen LogP contribution in [0.15, 0.2) is 115 Å². The molecule has 44 heavy (non-hydrogen) atoms. The molecular weight excluding hydrogens is 588 g/mol. The van der Waals surface area contributed by atoms with Gasteiger partial charge in [0.15, 0.2) is 6.04 Å². The van der Waals surface area contributed by atoms with Crippen LogP contribution in [0.1, 0.15) is 22.8 Å². The smallest absolute Gasteiger partial charge is 0.339 e. The highest BCUT2D eigenvalue weighted by Gasteiger charge is 2.34. The Bertz CT molecular complexity index is 1960. The first-order valence-corrected chi connectivity index (χ1v) is 14.4. The van der Waals surface area contributed by atoms with Crippen LogP contribution in [-0.2, 0) is 14.9 Å².